The zero-order chi connectivity index (χ0) is 9.26. The van der Waals surface area contributed by atoms with E-state index in [9.17, 15) is 0 Å². The molecule has 2 rings (SSSR count). The van der Waals surface area contributed by atoms with Gasteiger partial charge in [-0.05, 0) is 36.1 Å². The van der Waals surface area contributed by atoms with Crippen LogP contribution in [-0.2, 0) is 13.0 Å². The second kappa shape index (κ2) is 6.21. The van der Waals surface area contributed by atoms with Crippen LogP contribution in [0, 0.1) is 0 Å². The van der Waals surface area contributed by atoms with Gasteiger partial charge in [-0.1, -0.05) is 13.0 Å². The highest BCUT2D eigenvalue weighted by atomic mass is 35.5. The third kappa shape index (κ3) is 3.26. The number of hydrogen-bond donors (Lipinski definition) is 2. The molecule has 1 unspecified atom stereocenters. The summed E-state index contributed by atoms with van der Waals surface area (Å²) in [4.78, 5) is 0. The maximum atomic E-state index is 5.72. The average Bonchev–Trinajstić information content (AvgIpc) is 2.17. The monoisotopic (exact) mass is 248 g/mol. The Bertz CT molecular complexity index is 315. The zero-order valence-electron chi connectivity index (χ0n) is 8.82. The van der Waals surface area contributed by atoms with Crippen LogP contribution >= 0.6 is 24.8 Å². The Labute approximate surface area is 103 Å². The molecule has 1 atom stereocenters. The topological polar surface area (TPSA) is 38.0 Å². The van der Waals surface area contributed by atoms with E-state index in [0.29, 0.717) is 6.04 Å². The highest BCUT2D eigenvalue weighted by Crippen LogP contribution is 2.20. The predicted molar refractivity (Wildman–Crippen MR) is 70.0 cm³/mol. The van der Waals surface area contributed by atoms with Crippen LogP contribution in [0.3, 0.4) is 0 Å². The average molecular weight is 249 g/mol. The fraction of sp³-hybridized carbons (Fsp3) is 0.455. The lowest BCUT2D eigenvalue weighted by Gasteiger charge is -2.25. The molecule has 0 saturated carbocycles. The third-order valence-corrected chi connectivity index (χ3v) is 2.77. The molecule has 0 spiro atoms. The Balaban J connectivity index is 0.000000980. The number of rotatable bonds is 1. The summed E-state index contributed by atoms with van der Waals surface area (Å²) in [5, 5.41) is 3.50. The molecular weight excluding hydrogens is 231 g/mol. The lowest BCUT2D eigenvalue weighted by Crippen LogP contribution is -2.34. The number of anilines is 1. The molecular formula is C11H18Cl2N2. The van der Waals surface area contributed by atoms with Crippen molar-refractivity contribution in [2.45, 2.75) is 32.4 Å². The standard InChI is InChI=1S/C11H16N2.2ClH/c1-2-11-6-8-3-4-10(12)5-9(8)7-13-11;;/h3-5,11,13H,2,6-7,12H2,1H3;2*1H. The zero-order valence-corrected chi connectivity index (χ0v) is 10.5. The lowest BCUT2D eigenvalue weighted by atomic mass is 9.94. The summed E-state index contributed by atoms with van der Waals surface area (Å²) in [7, 11) is 0. The first-order valence-corrected chi connectivity index (χ1v) is 4.90. The molecule has 4 heteroatoms. The van der Waals surface area contributed by atoms with Crippen LogP contribution in [0.25, 0.3) is 0 Å². The maximum absolute atomic E-state index is 5.72. The number of benzene rings is 1. The molecule has 1 heterocycles. The molecule has 1 aliphatic heterocycles. The van der Waals surface area contributed by atoms with Crippen LogP contribution in [0.2, 0.25) is 0 Å². The molecule has 0 bridgehead atoms. The van der Waals surface area contributed by atoms with Gasteiger partial charge in [0.15, 0.2) is 0 Å². The van der Waals surface area contributed by atoms with Crippen molar-refractivity contribution >= 4 is 30.5 Å². The normalized spacial score (nSPS) is 18.3. The van der Waals surface area contributed by atoms with E-state index in [1.807, 2.05) is 6.07 Å². The van der Waals surface area contributed by atoms with Gasteiger partial charge >= 0.3 is 0 Å². The smallest absolute Gasteiger partial charge is 0.0317 e. The van der Waals surface area contributed by atoms with Crippen LogP contribution in [0.1, 0.15) is 24.5 Å². The van der Waals surface area contributed by atoms with Crippen molar-refractivity contribution in [2.24, 2.45) is 0 Å². The molecule has 0 aromatic heterocycles. The van der Waals surface area contributed by atoms with Gasteiger partial charge in [0, 0.05) is 18.3 Å². The van der Waals surface area contributed by atoms with E-state index >= 15 is 0 Å². The van der Waals surface area contributed by atoms with Gasteiger partial charge in [0.05, 0.1) is 0 Å². The largest absolute Gasteiger partial charge is 0.399 e. The number of nitrogens with one attached hydrogen (secondary N) is 1. The first-order chi connectivity index (χ1) is 6.29. The molecule has 3 N–H and O–H groups in total. The van der Waals surface area contributed by atoms with Gasteiger partial charge in [-0.15, -0.1) is 24.8 Å². The van der Waals surface area contributed by atoms with Gasteiger partial charge in [0.1, 0.15) is 0 Å². The maximum Gasteiger partial charge on any atom is 0.0317 e. The van der Waals surface area contributed by atoms with Gasteiger partial charge in [-0.2, -0.15) is 0 Å². The van der Waals surface area contributed by atoms with E-state index in [0.717, 1.165) is 18.7 Å². The quantitative estimate of drug-likeness (QED) is 0.750. The summed E-state index contributed by atoms with van der Waals surface area (Å²) in [5.41, 5.74) is 9.42. The summed E-state index contributed by atoms with van der Waals surface area (Å²) >= 11 is 0. The first kappa shape index (κ1) is 14.6. The molecule has 2 nitrogen and oxygen atoms in total. The van der Waals surface area contributed by atoms with E-state index < -0.39 is 0 Å². The molecule has 0 aliphatic carbocycles. The van der Waals surface area contributed by atoms with Crippen LogP contribution in [0.4, 0.5) is 5.69 Å². The summed E-state index contributed by atoms with van der Waals surface area (Å²) in [5.74, 6) is 0. The Morgan fingerprint density at radius 1 is 1.33 bits per heavy atom. The molecule has 86 valence electrons. The van der Waals surface area contributed by atoms with Gasteiger partial charge in [0.25, 0.3) is 0 Å². The molecule has 1 aromatic rings. The highest BCUT2D eigenvalue weighted by molar-refractivity contribution is 5.85. The Morgan fingerprint density at radius 3 is 2.73 bits per heavy atom. The second-order valence-corrected chi connectivity index (χ2v) is 3.72. The lowest BCUT2D eigenvalue weighted by molar-refractivity contribution is 0.468. The molecule has 0 amide bonds. The SMILES string of the molecule is CCC1Cc2ccc(N)cc2CN1.Cl.Cl. The molecule has 0 saturated heterocycles. The van der Waals surface area contributed by atoms with E-state index in [1.54, 1.807) is 0 Å². The van der Waals surface area contributed by atoms with Gasteiger partial charge in [-0.3, -0.25) is 0 Å². The van der Waals surface area contributed by atoms with Gasteiger partial charge in [0.2, 0.25) is 0 Å². The number of nitrogens with two attached hydrogens (primary N) is 1. The van der Waals surface area contributed by atoms with Crippen molar-refractivity contribution in [3.8, 4) is 0 Å². The molecule has 1 aliphatic rings. The summed E-state index contributed by atoms with van der Waals surface area (Å²) in [6.45, 7) is 3.19. The van der Waals surface area contributed by atoms with Crippen molar-refractivity contribution in [2.75, 3.05) is 5.73 Å². The van der Waals surface area contributed by atoms with Crippen molar-refractivity contribution in [1.29, 1.82) is 0 Å². The summed E-state index contributed by atoms with van der Waals surface area (Å²) < 4.78 is 0. The number of nitrogen functional groups attached to an aromatic ring is 1. The first-order valence-electron chi connectivity index (χ1n) is 4.90. The van der Waals surface area contributed by atoms with E-state index in [-0.39, 0.29) is 24.8 Å². The van der Waals surface area contributed by atoms with Gasteiger partial charge in [-0.25, -0.2) is 0 Å². The Kier molecular flexibility index (Phi) is 6.03. The third-order valence-electron chi connectivity index (χ3n) is 2.77. The summed E-state index contributed by atoms with van der Waals surface area (Å²) in [6.07, 6.45) is 2.34. The van der Waals surface area contributed by atoms with Crippen molar-refractivity contribution < 1.29 is 0 Å². The minimum Gasteiger partial charge on any atom is -0.399 e. The van der Waals surface area contributed by atoms with Crippen molar-refractivity contribution in [3.63, 3.8) is 0 Å². The molecule has 0 radical (unpaired) electrons. The fourth-order valence-corrected chi connectivity index (χ4v) is 1.89. The van der Waals surface area contributed by atoms with Crippen LogP contribution < -0.4 is 11.1 Å². The fourth-order valence-electron chi connectivity index (χ4n) is 1.89. The number of hydrogen-bond acceptors (Lipinski definition) is 2. The Hall–Kier alpha value is -0.440. The van der Waals surface area contributed by atoms with E-state index in [2.05, 4.69) is 24.4 Å². The van der Waals surface area contributed by atoms with Crippen molar-refractivity contribution in [3.05, 3.63) is 29.3 Å². The second-order valence-electron chi connectivity index (χ2n) is 3.72. The van der Waals surface area contributed by atoms with Gasteiger partial charge < -0.3 is 11.1 Å². The minimum atomic E-state index is 0. The summed E-state index contributed by atoms with van der Waals surface area (Å²) in [6, 6.07) is 6.88. The highest BCUT2D eigenvalue weighted by Gasteiger charge is 2.15. The number of halogens is 2. The number of fused-ring (bicyclic) bond motifs is 1. The van der Waals surface area contributed by atoms with Crippen LogP contribution in [0.5, 0.6) is 0 Å². The molecule has 0 fully saturated rings. The predicted octanol–water partition coefficient (Wildman–Crippen LogP) is 2.54. The minimum absolute atomic E-state index is 0. The van der Waals surface area contributed by atoms with Crippen molar-refractivity contribution in [1.82, 2.24) is 5.32 Å². The van der Waals surface area contributed by atoms with E-state index in [1.165, 1.54) is 17.5 Å². The van der Waals surface area contributed by atoms with E-state index in [4.69, 9.17) is 5.73 Å². The Morgan fingerprint density at radius 2 is 2.07 bits per heavy atom. The van der Waals surface area contributed by atoms with Crippen LogP contribution in [0.15, 0.2) is 18.2 Å². The van der Waals surface area contributed by atoms with Crippen LogP contribution in [-0.4, -0.2) is 6.04 Å². The molecule has 15 heavy (non-hydrogen) atoms. The molecule has 1 aromatic carbocycles.